The molecule has 1 heterocycles. The zero-order valence-corrected chi connectivity index (χ0v) is 21.2. The highest BCUT2D eigenvalue weighted by Gasteiger charge is 2.35. The van der Waals surface area contributed by atoms with Gasteiger partial charge >= 0.3 is 0 Å². The number of nitrogens with one attached hydrogen (secondary N) is 2. The molecule has 2 atom stereocenters. The Balaban J connectivity index is 2.11. The van der Waals surface area contributed by atoms with E-state index in [1.54, 1.807) is 31.4 Å². The van der Waals surface area contributed by atoms with Gasteiger partial charge in [-0.3, -0.25) is 14.4 Å². The minimum absolute atomic E-state index is 0.00802. The van der Waals surface area contributed by atoms with Gasteiger partial charge in [-0.05, 0) is 61.3 Å². The molecule has 1 fully saturated rings. The van der Waals surface area contributed by atoms with Crippen LogP contribution in [0.25, 0.3) is 0 Å². The molecule has 0 aliphatic carbocycles. The van der Waals surface area contributed by atoms with Crippen molar-refractivity contribution in [2.24, 2.45) is 17.3 Å². The smallest absolute Gasteiger partial charge is 0.251 e. The topological polar surface area (TPSA) is 87.7 Å². The molecule has 1 aliphatic rings. The minimum Gasteiger partial charge on any atom is -0.497 e. The van der Waals surface area contributed by atoms with Gasteiger partial charge in [-0.2, -0.15) is 0 Å². The number of hydrogen-bond donors (Lipinski definition) is 2. The number of rotatable bonds is 8. The van der Waals surface area contributed by atoms with Crippen LogP contribution in [0.4, 0.5) is 0 Å². The summed E-state index contributed by atoms with van der Waals surface area (Å²) in [6, 6.07) is 6.17. The van der Waals surface area contributed by atoms with Gasteiger partial charge in [0.15, 0.2) is 0 Å². The summed E-state index contributed by atoms with van der Waals surface area (Å²) in [6.07, 6.45) is 1.85. The number of hydrogen-bond acceptors (Lipinski definition) is 4. The van der Waals surface area contributed by atoms with Gasteiger partial charge in [-0.1, -0.05) is 34.6 Å². The molecule has 0 radical (unpaired) electrons. The van der Waals surface area contributed by atoms with Crippen LogP contribution in [0.15, 0.2) is 24.3 Å². The Morgan fingerprint density at radius 2 is 1.61 bits per heavy atom. The lowest BCUT2D eigenvalue weighted by molar-refractivity contribution is -0.134. The summed E-state index contributed by atoms with van der Waals surface area (Å²) in [5.41, 5.74) is 0.415. The molecule has 2 rings (SSSR count). The fourth-order valence-corrected chi connectivity index (χ4v) is 3.89. The maximum atomic E-state index is 13.2. The molecule has 0 aromatic heterocycles. The number of piperidine rings is 1. The molecule has 7 nitrogen and oxygen atoms in total. The first kappa shape index (κ1) is 26.7. The average molecular weight is 460 g/mol. The highest BCUT2D eigenvalue weighted by molar-refractivity contribution is 5.97. The summed E-state index contributed by atoms with van der Waals surface area (Å²) < 4.78 is 5.16. The number of ether oxygens (including phenoxy) is 1. The molecule has 3 amide bonds. The van der Waals surface area contributed by atoms with E-state index in [2.05, 4.69) is 45.3 Å². The van der Waals surface area contributed by atoms with Crippen molar-refractivity contribution in [1.29, 1.82) is 0 Å². The van der Waals surface area contributed by atoms with Crippen LogP contribution in [-0.2, 0) is 9.59 Å². The van der Waals surface area contributed by atoms with Gasteiger partial charge in [-0.25, -0.2) is 0 Å². The van der Waals surface area contributed by atoms with E-state index in [0.717, 1.165) is 0 Å². The standard InChI is InChI=1S/C26H41N3O4/c1-17(2)18(3)27-25(32)23(28-24(31)20-8-10-21(33-7)11-9-20)19-12-14-29(15-13-19)22(30)16-26(4,5)6/h8-11,17-19,23H,12-16H2,1-7H3,(H,27,32)(H,28,31)/t18-,23-/m1/s1. The van der Waals surface area contributed by atoms with E-state index in [1.807, 2.05) is 11.8 Å². The first-order chi connectivity index (χ1) is 15.4. The van der Waals surface area contributed by atoms with Crippen LogP contribution in [0.1, 0.15) is 71.2 Å². The number of benzene rings is 1. The summed E-state index contributed by atoms with van der Waals surface area (Å²) in [7, 11) is 1.57. The Hall–Kier alpha value is -2.57. The van der Waals surface area contributed by atoms with Crippen LogP contribution >= 0.6 is 0 Å². The van der Waals surface area contributed by atoms with Crippen molar-refractivity contribution in [3.63, 3.8) is 0 Å². The lowest BCUT2D eigenvalue weighted by Gasteiger charge is -2.37. The van der Waals surface area contributed by atoms with Crippen molar-refractivity contribution in [2.45, 2.75) is 72.9 Å². The van der Waals surface area contributed by atoms with Gasteiger partial charge in [0.1, 0.15) is 11.8 Å². The molecule has 0 saturated carbocycles. The third-order valence-corrected chi connectivity index (χ3v) is 6.34. The van der Waals surface area contributed by atoms with Gasteiger partial charge in [0.05, 0.1) is 7.11 Å². The SMILES string of the molecule is COc1ccc(C(=O)N[C@@H](C(=O)N[C@H](C)C(C)C)C2CCN(C(=O)CC(C)(C)C)CC2)cc1. The van der Waals surface area contributed by atoms with Crippen LogP contribution in [0.3, 0.4) is 0 Å². The highest BCUT2D eigenvalue weighted by Crippen LogP contribution is 2.25. The molecule has 1 aliphatic heterocycles. The molecule has 0 spiro atoms. The third kappa shape index (κ3) is 8.06. The largest absolute Gasteiger partial charge is 0.497 e. The predicted molar refractivity (Wildman–Crippen MR) is 130 cm³/mol. The molecule has 7 heteroatoms. The van der Waals surface area contributed by atoms with E-state index in [0.29, 0.717) is 43.7 Å². The number of likely N-dealkylation sites (tertiary alicyclic amines) is 1. The zero-order chi connectivity index (χ0) is 24.8. The van der Waals surface area contributed by atoms with E-state index in [9.17, 15) is 14.4 Å². The fourth-order valence-electron chi connectivity index (χ4n) is 3.89. The van der Waals surface area contributed by atoms with Gasteiger partial charge in [0.25, 0.3) is 5.91 Å². The predicted octanol–water partition coefficient (Wildman–Crippen LogP) is 3.63. The van der Waals surface area contributed by atoms with Crippen molar-refractivity contribution in [3.8, 4) is 5.75 Å². The molecule has 1 aromatic rings. The lowest BCUT2D eigenvalue weighted by atomic mass is 9.86. The number of carbonyl (C=O) groups excluding carboxylic acids is 3. The van der Waals surface area contributed by atoms with Crippen LogP contribution in [-0.4, -0.2) is 54.9 Å². The van der Waals surface area contributed by atoms with E-state index in [1.165, 1.54) is 0 Å². The Morgan fingerprint density at radius 3 is 2.09 bits per heavy atom. The molecule has 2 N–H and O–H groups in total. The van der Waals surface area contributed by atoms with Gasteiger partial charge in [-0.15, -0.1) is 0 Å². The second-order valence-corrected chi connectivity index (χ2v) is 10.7. The fraction of sp³-hybridized carbons (Fsp3) is 0.654. The van der Waals surface area contributed by atoms with E-state index >= 15 is 0 Å². The third-order valence-electron chi connectivity index (χ3n) is 6.34. The quantitative estimate of drug-likeness (QED) is 0.621. The molecular weight excluding hydrogens is 418 g/mol. The Labute approximate surface area is 198 Å². The van der Waals surface area contributed by atoms with E-state index < -0.39 is 6.04 Å². The van der Waals surface area contributed by atoms with Crippen molar-refractivity contribution in [3.05, 3.63) is 29.8 Å². The number of nitrogens with zero attached hydrogens (tertiary/aromatic N) is 1. The van der Waals surface area contributed by atoms with E-state index in [-0.39, 0.29) is 41.0 Å². The summed E-state index contributed by atoms with van der Waals surface area (Å²) in [5, 5.41) is 6.03. The van der Waals surface area contributed by atoms with Crippen molar-refractivity contribution < 1.29 is 19.1 Å². The molecular formula is C26H41N3O4. The maximum Gasteiger partial charge on any atom is 0.251 e. The second kappa shape index (κ2) is 11.5. The van der Waals surface area contributed by atoms with Crippen LogP contribution in [0, 0.1) is 17.3 Å². The Bertz CT molecular complexity index is 806. The van der Waals surface area contributed by atoms with Crippen molar-refractivity contribution in [2.75, 3.05) is 20.2 Å². The molecule has 33 heavy (non-hydrogen) atoms. The van der Waals surface area contributed by atoms with Crippen LogP contribution in [0.5, 0.6) is 5.75 Å². The van der Waals surface area contributed by atoms with Crippen molar-refractivity contribution in [1.82, 2.24) is 15.5 Å². The normalized spacial score (nSPS) is 16.8. The molecule has 184 valence electrons. The Kier molecular flexibility index (Phi) is 9.32. The molecule has 0 unspecified atom stereocenters. The highest BCUT2D eigenvalue weighted by atomic mass is 16.5. The molecule has 1 aromatic carbocycles. The van der Waals surface area contributed by atoms with Crippen LogP contribution in [0.2, 0.25) is 0 Å². The van der Waals surface area contributed by atoms with Gasteiger partial charge in [0.2, 0.25) is 11.8 Å². The lowest BCUT2D eigenvalue weighted by Crippen LogP contribution is -2.55. The summed E-state index contributed by atoms with van der Waals surface area (Å²) >= 11 is 0. The van der Waals surface area contributed by atoms with Crippen LogP contribution < -0.4 is 15.4 Å². The first-order valence-electron chi connectivity index (χ1n) is 11.9. The number of carbonyl (C=O) groups is 3. The van der Waals surface area contributed by atoms with E-state index in [4.69, 9.17) is 4.74 Å². The molecule has 1 saturated heterocycles. The van der Waals surface area contributed by atoms with Gasteiger partial charge < -0.3 is 20.3 Å². The monoisotopic (exact) mass is 459 g/mol. The zero-order valence-electron chi connectivity index (χ0n) is 21.2. The summed E-state index contributed by atoms with van der Waals surface area (Å²) in [4.78, 5) is 40.7. The molecule has 0 bridgehead atoms. The second-order valence-electron chi connectivity index (χ2n) is 10.7. The summed E-state index contributed by atoms with van der Waals surface area (Å²) in [6.45, 7) is 13.4. The summed E-state index contributed by atoms with van der Waals surface area (Å²) in [5.74, 6) is 0.601. The minimum atomic E-state index is -0.652. The van der Waals surface area contributed by atoms with Gasteiger partial charge in [0, 0.05) is 31.1 Å². The average Bonchev–Trinajstić information content (AvgIpc) is 2.76. The van der Waals surface area contributed by atoms with Crippen molar-refractivity contribution >= 4 is 17.7 Å². The number of amides is 3. The number of methoxy groups -OCH3 is 1. The first-order valence-corrected chi connectivity index (χ1v) is 11.9. The Morgan fingerprint density at radius 1 is 1.03 bits per heavy atom. The maximum absolute atomic E-state index is 13.2.